The first kappa shape index (κ1) is 29.3. The molecule has 0 unspecified atom stereocenters. The third kappa shape index (κ3) is 4.95. The molecule has 0 fully saturated rings. The smallest absolute Gasteiger partial charge is 0.380 e. The van der Waals surface area contributed by atoms with Crippen molar-refractivity contribution in [2.24, 2.45) is 0 Å². The van der Waals surface area contributed by atoms with Gasteiger partial charge < -0.3 is 9.47 Å². The van der Waals surface area contributed by atoms with Crippen LogP contribution in [0.1, 0.15) is 38.8 Å². The largest absolute Gasteiger partial charge is 0.481 e. The minimum atomic E-state index is -5.71. The second-order valence-electron chi connectivity index (χ2n) is 10.2. The zero-order valence-corrected chi connectivity index (χ0v) is 24.1. The third-order valence-electron chi connectivity index (χ3n) is 6.40. The molecule has 0 saturated heterocycles. The van der Waals surface area contributed by atoms with E-state index in [-0.39, 0.29) is 10.1 Å². The minimum Gasteiger partial charge on any atom is -0.481 e. The summed E-state index contributed by atoms with van der Waals surface area (Å²) in [7, 11) is 0. The number of rotatable bonds is 8. The first-order chi connectivity index (χ1) is 19.3. The molecule has 2 heterocycles. The van der Waals surface area contributed by atoms with Gasteiger partial charge in [-0.25, -0.2) is 0 Å². The van der Waals surface area contributed by atoms with Crippen LogP contribution in [0.25, 0.3) is 32.0 Å². The van der Waals surface area contributed by atoms with Crippen LogP contribution in [0.5, 0.6) is 10.1 Å². The average molecular weight is 609 g/mol. The van der Waals surface area contributed by atoms with Crippen molar-refractivity contribution in [3.63, 3.8) is 0 Å². The molecule has 0 saturated carbocycles. The van der Waals surface area contributed by atoms with Crippen molar-refractivity contribution in [3.05, 3.63) is 83.9 Å². The topological polar surface area (TPSA) is 18.5 Å². The summed E-state index contributed by atoms with van der Waals surface area (Å²) in [5.41, 5.74) is -2.72. The normalized spacial score (nSPS) is 17.5. The van der Waals surface area contributed by atoms with Gasteiger partial charge in [-0.2, -0.15) is 26.3 Å². The van der Waals surface area contributed by atoms with Gasteiger partial charge in [0.1, 0.15) is 0 Å². The van der Waals surface area contributed by atoms with E-state index < -0.39 is 52.2 Å². The van der Waals surface area contributed by atoms with Crippen LogP contribution in [-0.2, 0) is 0 Å². The van der Waals surface area contributed by atoms with Gasteiger partial charge in [-0.15, -0.1) is 0 Å². The zero-order valence-electron chi connectivity index (χ0n) is 22.5. The molecule has 5 rings (SSSR count). The molecule has 0 amide bonds. The van der Waals surface area contributed by atoms with Crippen LogP contribution >= 0.6 is 22.7 Å². The van der Waals surface area contributed by atoms with Crippen molar-refractivity contribution < 1.29 is 35.8 Å². The summed E-state index contributed by atoms with van der Waals surface area (Å²) in [6.07, 6.45) is -1.08. The molecule has 1 aliphatic carbocycles. The van der Waals surface area contributed by atoms with Gasteiger partial charge in [-0.1, -0.05) is 83.3 Å². The number of hydrogen-bond acceptors (Lipinski definition) is 4. The molecule has 4 aromatic rings. The van der Waals surface area contributed by atoms with Gasteiger partial charge in [0.05, 0.1) is 12.2 Å². The van der Waals surface area contributed by atoms with Crippen LogP contribution in [0.4, 0.5) is 26.3 Å². The van der Waals surface area contributed by atoms with E-state index in [0.29, 0.717) is 20.9 Å². The molecule has 10 heteroatoms. The number of hydrogen-bond donors (Lipinski definition) is 0. The lowest BCUT2D eigenvalue weighted by Crippen LogP contribution is -2.48. The van der Waals surface area contributed by atoms with E-state index in [1.807, 2.05) is 0 Å². The van der Waals surface area contributed by atoms with Crippen LogP contribution in [0, 0.1) is 0 Å². The maximum absolute atomic E-state index is 15.8. The lowest BCUT2D eigenvalue weighted by Gasteiger charge is -2.26. The van der Waals surface area contributed by atoms with Crippen molar-refractivity contribution in [2.45, 2.75) is 57.7 Å². The highest BCUT2D eigenvalue weighted by Gasteiger charge is 2.80. The SMILES string of the molecule is CC(C)Oc1sc(-c2ccccc2)cc1C1=C(c2cc(-c3ccccc3)sc2OC(C)C)C(F)(F)C(F)(F)C1(F)F. The fraction of sp³-hybridized carbons (Fsp3) is 0.290. The van der Waals surface area contributed by atoms with Crippen LogP contribution in [-0.4, -0.2) is 30.0 Å². The summed E-state index contributed by atoms with van der Waals surface area (Å²) in [4.78, 5) is 0.817. The Morgan fingerprint density at radius 1 is 0.561 bits per heavy atom. The van der Waals surface area contributed by atoms with Gasteiger partial charge in [-0.05, 0) is 51.0 Å². The van der Waals surface area contributed by atoms with Gasteiger partial charge in [0.2, 0.25) is 0 Å². The van der Waals surface area contributed by atoms with Gasteiger partial charge in [0.25, 0.3) is 0 Å². The van der Waals surface area contributed by atoms with Gasteiger partial charge in [0, 0.05) is 32.0 Å². The lowest BCUT2D eigenvalue weighted by molar-refractivity contribution is -0.254. The molecular weight excluding hydrogens is 582 g/mol. The fourth-order valence-electron chi connectivity index (χ4n) is 4.62. The summed E-state index contributed by atoms with van der Waals surface area (Å²) >= 11 is 1.87. The van der Waals surface area contributed by atoms with Crippen molar-refractivity contribution >= 4 is 33.8 Å². The van der Waals surface area contributed by atoms with Crippen molar-refractivity contribution in [1.29, 1.82) is 0 Å². The predicted molar refractivity (Wildman–Crippen MR) is 153 cm³/mol. The maximum atomic E-state index is 15.8. The van der Waals surface area contributed by atoms with E-state index in [1.165, 1.54) is 12.1 Å². The summed E-state index contributed by atoms with van der Waals surface area (Å²) in [6.45, 7) is 6.54. The number of thiophene rings is 2. The Morgan fingerprint density at radius 2 is 0.902 bits per heavy atom. The Bertz CT molecular complexity index is 1450. The van der Waals surface area contributed by atoms with Crippen molar-refractivity contribution in [2.75, 3.05) is 0 Å². The molecule has 0 radical (unpaired) electrons. The first-order valence-electron chi connectivity index (χ1n) is 12.9. The number of allylic oxidation sites excluding steroid dienone is 2. The van der Waals surface area contributed by atoms with E-state index in [0.717, 1.165) is 22.7 Å². The molecule has 2 aromatic carbocycles. The number of ether oxygens (including phenoxy) is 2. The minimum absolute atomic E-state index is 0.149. The molecule has 1 aliphatic rings. The Hall–Kier alpha value is -3.24. The highest BCUT2D eigenvalue weighted by atomic mass is 32.1. The zero-order chi connectivity index (χ0) is 29.7. The number of benzene rings is 2. The quantitative estimate of drug-likeness (QED) is 0.185. The number of alkyl halides is 6. The maximum Gasteiger partial charge on any atom is 0.380 e. The number of halogens is 6. The average Bonchev–Trinajstić information content (AvgIpc) is 3.53. The molecule has 2 aromatic heterocycles. The summed E-state index contributed by atoms with van der Waals surface area (Å²) in [6, 6.07) is 19.7. The second-order valence-corrected chi connectivity index (χ2v) is 12.2. The molecule has 0 N–H and O–H groups in total. The standard InChI is InChI=1S/C31H26F6O2S2/c1-17(2)38-27-21(15-23(40-27)19-11-7-5-8-12-19)25-26(30(34,35)31(36,37)29(25,32)33)22-16-24(20-13-9-6-10-14-20)41-28(22)39-18(3)4/h5-18H,1-4H3. The summed E-state index contributed by atoms with van der Waals surface area (Å²) < 4.78 is 105. The molecule has 216 valence electrons. The van der Waals surface area contributed by atoms with Crippen LogP contribution in [0.2, 0.25) is 0 Å². The monoisotopic (exact) mass is 608 g/mol. The predicted octanol–water partition coefficient (Wildman–Crippen LogP) is 10.5. The van der Waals surface area contributed by atoms with E-state index in [4.69, 9.17) is 9.47 Å². The van der Waals surface area contributed by atoms with E-state index in [2.05, 4.69) is 0 Å². The van der Waals surface area contributed by atoms with Crippen LogP contribution < -0.4 is 9.47 Å². The summed E-state index contributed by atoms with van der Waals surface area (Å²) in [5.74, 6) is -16.2. The Labute approximate surface area is 241 Å². The lowest BCUT2D eigenvalue weighted by atomic mass is 9.96. The van der Waals surface area contributed by atoms with Crippen molar-refractivity contribution in [3.8, 4) is 31.0 Å². The molecule has 0 bridgehead atoms. The highest BCUT2D eigenvalue weighted by Crippen LogP contribution is 2.67. The van der Waals surface area contributed by atoms with Crippen molar-refractivity contribution in [1.82, 2.24) is 0 Å². The molecule has 0 aliphatic heterocycles. The summed E-state index contributed by atoms with van der Waals surface area (Å²) in [5, 5.41) is -0.297. The Balaban J connectivity index is 1.85. The highest BCUT2D eigenvalue weighted by molar-refractivity contribution is 7.18. The molecule has 0 spiro atoms. The van der Waals surface area contributed by atoms with E-state index in [9.17, 15) is 0 Å². The van der Waals surface area contributed by atoms with Crippen LogP contribution in [0.3, 0.4) is 0 Å². The molecule has 0 atom stereocenters. The second kappa shape index (κ2) is 10.5. The van der Waals surface area contributed by atoms with Gasteiger partial charge in [0.15, 0.2) is 10.1 Å². The molecular formula is C31H26F6O2S2. The molecule has 41 heavy (non-hydrogen) atoms. The van der Waals surface area contributed by atoms with E-state index >= 15 is 26.3 Å². The Kier molecular flexibility index (Phi) is 7.53. The molecule has 2 nitrogen and oxygen atoms in total. The van der Waals surface area contributed by atoms with E-state index in [1.54, 1.807) is 88.4 Å². The first-order valence-corrected chi connectivity index (χ1v) is 14.5. The third-order valence-corrected chi connectivity index (χ3v) is 8.55. The fourth-order valence-corrected chi connectivity index (χ4v) is 6.91. The van der Waals surface area contributed by atoms with Gasteiger partial charge >= 0.3 is 17.8 Å². The van der Waals surface area contributed by atoms with Gasteiger partial charge in [-0.3, -0.25) is 0 Å². The Morgan fingerprint density at radius 3 is 1.22 bits per heavy atom. The van der Waals surface area contributed by atoms with Crippen LogP contribution in [0.15, 0.2) is 72.8 Å².